The maximum Gasteiger partial charge on any atom is 0.00705 e. The van der Waals surface area contributed by atoms with Gasteiger partial charge in [-0.3, -0.25) is 0 Å². The first kappa shape index (κ1) is 12.7. The Balaban J connectivity index is 2.13. The van der Waals surface area contributed by atoms with Crippen molar-refractivity contribution in [3.05, 3.63) is 11.6 Å². The van der Waals surface area contributed by atoms with Crippen LogP contribution in [0.3, 0.4) is 0 Å². The van der Waals surface area contributed by atoms with E-state index < -0.39 is 0 Å². The summed E-state index contributed by atoms with van der Waals surface area (Å²) in [4.78, 5) is 0. The summed E-state index contributed by atoms with van der Waals surface area (Å²) in [5.41, 5.74) is 1.55. The van der Waals surface area contributed by atoms with Gasteiger partial charge in [0.2, 0.25) is 0 Å². The Bertz CT molecular complexity index is 193. The predicted octanol–water partition coefficient (Wildman–Crippen LogP) is 2.46. The fourth-order valence-corrected chi connectivity index (χ4v) is 2.00. The van der Waals surface area contributed by atoms with Crippen molar-refractivity contribution in [3.8, 4) is 0 Å². The van der Waals surface area contributed by atoms with E-state index in [1.807, 2.05) is 7.05 Å². The highest BCUT2D eigenvalue weighted by molar-refractivity contribution is 5.00. The molecule has 0 radical (unpaired) electrons. The van der Waals surface area contributed by atoms with Crippen LogP contribution in [0.1, 0.15) is 46.0 Å². The van der Waals surface area contributed by atoms with E-state index in [1.165, 1.54) is 32.2 Å². The molecule has 0 bridgehead atoms. The van der Waals surface area contributed by atoms with Gasteiger partial charge in [0, 0.05) is 12.1 Å². The molecule has 1 heterocycles. The first-order valence-electron chi connectivity index (χ1n) is 6.28. The Morgan fingerprint density at radius 3 is 3.00 bits per heavy atom. The van der Waals surface area contributed by atoms with Gasteiger partial charge in [-0.05, 0) is 59.5 Å². The Hall–Kier alpha value is -0.340. The zero-order chi connectivity index (χ0) is 11.1. The van der Waals surface area contributed by atoms with Gasteiger partial charge >= 0.3 is 0 Å². The minimum absolute atomic E-state index is 0.601. The van der Waals surface area contributed by atoms with E-state index in [1.54, 1.807) is 5.57 Å². The second-order valence-corrected chi connectivity index (χ2v) is 4.81. The molecule has 0 amide bonds. The van der Waals surface area contributed by atoms with E-state index in [0.717, 1.165) is 12.5 Å². The van der Waals surface area contributed by atoms with E-state index in [2.05, 4.69) is 30.6 Å². The summed E-state index contributed by atoms with van der Waals surface area (Å²) >= 11 is 0. The summed E-state index contributed by atoms with van der Waals surface area (Å²) in [6, 6.07) is 1.39. The molecular formula is C13H26N2. The van der Waals surface area contributed by atoms with Crippen molar-refractivity contribution in [2.75, 3.05) is 13.6 Å². The summed E-state index contributed by atoms with van der Waals surface area (Å²) in [6.07, 6.45) is 8.85. The van der Waals surface area contributed by atoms with Crippen LogP contribution in [-0.2, 0) is 0 Å². The standard InChI is InChI=1S/C13H26N2/c1-11(6-8-12(2)14-3)7-9-13-5-4-10-15-13/h6,12-15H,4-5,7-10H2,1-3H3/b11-6+. The smallest absolute Gasteiger partial charge is 0.00705 e. The lowest BCUT2D eigenvalue weighted by Crippen LogP contribution is -2.21. The molecule has 0 aromatic heterocycles. The van der Waals surface area contributed by atoms with Gasteiger partial charge in [0.15, 0.2) is 0 Å². The van der Waals surface area contributed by atoms with Gasteiger partial charge in [0.05, 0.1) is 0 Å². The zero-order valence-electron chi connectivity index (χ0n) is 10.5. The van der Waals surface area contributed by atoms with Crippen molar-refractivity contribution < 1.29 is 0 Å². The Labute approximate surface area is 94.5 Å². The molecule has 1 saturated heterocycles. The summed E-state index contributed by atoms with van der Waals surface area (Å²) in [5, 5.41) is 6.81. The Morgan fingerprint density at radius 2 is 2.40 bits per heavy atom. The normalized spacial score (nSPS) is 24.5. The fraction of sp³-hybridized carbons (Fsp3) is 0.846. The molecule has 0 spiro atoms. The van der Waals surface area contributed by atoms with Gasteiger partial charge in [-0.1, -0.05) is 11.6 Å². The van der Waals surface area contributed by atoms with Crippen LogP contribution in [-0.4, -0.2) is 25.7 Å². The summed E-state index contributed by atoms with van der Waals surface area (Å²) in [5.74, 6) is 0. The largest absolute Gasteiger partial charge is 0.317 e. The molecular weight excluding hydrogens is 184 g/mol. The number of rotatable bonds is 6. The molecule has 2 nitrogen and oxygen atoms in total. The minimum Gasteiger partial charge on any atom is -0.317 e. The molecule has 1 aliphatic rings. The third kappa shape index (κ3) is 5.33. The Kier molecular flexibility index (Phi) is 5.96. The topological polar surface area (TPSA) is 24.1 Å². The van der Waals surface area contributed by atoms with Crippen molar-refractivity contribution in [1.82, 2.24) is 10.6 Å². The highest BCUT2D eigenvalue weighted by atomic mass is 14.9. The van der Waals surface area contributed by atoms with Crippen molar-refractivity contribution in [1.29, 1.82) is 0 Å². The van der Waals surface area contributed by atoms with Crippen LogP contribution < -0.4 is 10.6 Å². The van der Waals surface area contributed by atoms with Gasteiger partial charge in [-0.2, -0.15) is 0 Å². The molecule has 2 unspecified atom stereocenters. The van der Waals surface area contributed by atoms with Crippen LogP contribution in [0.15, 0.2) is 11.6 Å². The first-order valence-corrected chi connectivity index (χ1v) is 6.28. The van der Waals surface area contributed by atoms with Crippen LogP contribution in [0.4, 0.5) is 0 Å². The maximum atomic E-state index is 3.55. The van der Waals surface area contributed by atoms with E-state index in [0.29, 0.717) is 6.04 Å². The predicted molar refractivity (Wildman–Crippen MR) is 67.2 cm³/mol. The number of nitrogens with one attached hydrogen (secondary N) is 2. The summed E-state index contributed by atoms with van der Waals surface area (Å²) < 4.78 is 0. The van der Waals surface area contributed by atoms with Crippen LogP contribution >= 0.6 is 0 Å². The molecule has 0 saturated carbocycles. The second kappa shape index (κ2) is 7.02. The molecule has 2 atom stereocenters. The number of allylic oxidation sites excluding steroid dienone is 1. The van der Waals surface area contributed by atoms with Crippen molar-refractivity contribution in [3.63, 3.8) is 0 Å². The van der Waals surface area contributed by atoms with Gasteiger partial charge < -0.3 is 10.6 Å². The average molecular weight is 210 g/mol. The summed E-state index contributed by atoms with van der Waals surface area (Å²) in [6.45, 7) is 5.71. The molecule has 1 aliphatic heterocycles. The maximum absolute atomic E-state index is 3.55. The van der Waals surface area contributed by atoms with Crippen molar-refractivity contribution in [2.45, 2.75) is 58.0 Å². The van der Waals surface area contributed by atoms with Crippen molar-refractivity contribution >= 4 is 0 Å². The molecule has 2 heteroatoms. The van der Waals surface area contributed by atoms with E-state index in [4.69, 9.17) is 0 Å². The van der Waals surface area contributed by atoms with E-state index in [9.17, 15) is 0 Å². The highest BCUT2D eigenvalue weighted by Gasteiger charge is 2.12. The zero-order valence-corrected chi connectivity index (χ0v) is 10.5. The lowest BCUT2D eigenvalue weighted by atomic mass is 10.0. The lowest BCUT2D eigenvalue weighted by molar-refractivity contribution is 0.555. The monoisotopic (exact) mass is 210 g/mol. The van der Waals surface area contributed by atoms with Crippen LogP contribution in [0, 0.1) is 0 Å². The van der Waals surface area contributed by atoms with Gasteiger partial charge in [0.1, 0.15) is 0 Å². The SMILES string of the molecule is CNC(C)C/C=C(\C)CCC1CCCN1. The number of hydrogen-bond acceptors (Lipinski definition) is 2. The average Bonchev–Trinajstić information content (AvgIpc) is 2.75. The minimum atomic E-state index is 0.601. The quantitative estimate of drug-likeness (QED) is 0.658. The van der Waals surface area contributed by atoms with Crippen LogP contribution in [0.25, 0.3) is 0 Å². The molecule has 2 N–H and O–H groups in total. The molecule has 1 rings (SSSR count). The molecule has 88 valence electrons. The highest BCUT2D eigenvalue weighted by Crippen LogP contribution is 2.14. The first-order chi connectivity index (χ1) is 7.22. The third-order valence-corrected chi connectivity index (χ3v) is 3.36. The van der Waals surface area contributed by atoms with Gasteiger partial charge in [0.25, 0.3) is 0 Å². The molecule has 0 aromatic rings. The van der Waals surface area contributed by atoms with Gasteiger partial charge in [-0.25, -0.2) is 0 Å². The fourth-order valence-electron chi connectivity index (χ4n) is 2.00. The summed E-state index contributed by atoms with van der Waals surface area (Å²) in [7, 11) is 2.02. The molecule has 15 heavy (non-hydrogen) atoms. The molecule has 0 aliphatic carbocycles. The lowest BCUT2D eigenvalue weighted by Gasteiger charge is -2.11. The van der Waals surface area contributed by atoms with Crippen LogP contribution in [0.5, 0.6) is 0 Å². The third-order valence-electron chi connectivity index (χ3n) is 3.36. The molecule has 0 aromatic carbocycles. The Morgan fingerprint density at radius 1 is 1.60 bits per heavy atom. The number of hydrogen-bond donors (Lipinski definition) is 2. The molecule has 1 fully saturated rings. The van der Waals surface area contributed by atoms with Gasteiger partial charge in [-0.15, -0.1) is 0 Å². The van der Waals surface area contributed by atoms with Crippen LogP contribution in [0.2, 0.25) is 0 Å². The second-order valence-electron chi connectivity index (χ2n) is 4.81. The van der Waals surface area contributed by atoms with E-state index >= 15 is 0 Å². The van der Waals surface area contributed by atoms with Crippen molar-refractivity contribution in [2.24, 2.45) is 0 Å². The van der Waals surface area contributed by atoms with E-state index in [-0.39, 0.29) is 0 Å².